The number of piperidine rings is 1. The lowest BCUT2D eigenvalue weighted by atomic mass is 9.94. The van der Waals surface area contributed by atoms with Crippen LogP contribution in [0.1, 0.15) is 23.2 Å². The van der Waals surface area contributed by atoms with Crippen LogP contribution in [0.5, 0.6) is 0 Å². The maximum atomic E-state index is 13.6. The fraction of sp³-hybridized carbons (Fsp3) is 0.412. The molecule has 126 valence electrons. The van der Waals surface area contributed by atoms with Crippen LogP contribution < -0.4 is 15.8 Å². The number of carboxylic acids is 1. The zero-order chi connectivity index (χ0) is 16.8. The third kappa shape index (κ3) is 2.36. The second-order valence-corrected chi connectivity index (χ2v) is 6.52. The SMILES string of the molecule is O=C(O)c1cn(N2CC3CCCN[C@@H]3C2)c2ccc(F)cc2c1=O. The van der Waals surface area contributed by atoms with Gasteiger partial charge >= 0.3 is 5.97 Å². The van der Waals surface area contributed by atoms with Crippen molar-refractivity contribution in [1.82, 2.24) is 9.99 Å². The molecule has 2 N–H and O–H groups in total. The van der Waals surface area contributed by atoms with Crippen LogP contribution >= 0.6 is 0 Å². The summed E-state index contributed by atoms with van der Waals surface area (Å²) in [5.74, 6) is -1.35. The third-order valence-corrected chi connectivity index (χ3v) is 5.06. The number of pyridine rings is 1. The predicted octanol–water partition coefficient (Wildman–Crippen LogP) is 1.16. The number of benzene rings is 1. The molecule has 6 nitrogen and oxygen atoms in total. The molecule has 2 aromatic rings. The van der Waals surface area contributed by atoms with Crippen molar-refractivity contribution >= 4 is 16.9 Å². The second kappa shape index (κ2) is 5.59. The first-order valence-electron chi connectivity index (χ1n) is 8.11. The fourth-order valence-corrected chi connectivity index (χ4v) is 3.87. The molecule has 2 saturated heterocycles. The van der Waals surface area contributed by atoms with Crippen LogP contribution in [0, 0.1) is 11.7 Å². The zero-order valence-corrected chi connectivity index (χ0v) is 13.0. The number of carboxylic acid groups (broad SMARTS) is 1. The minimum Gasteiger partial charge on any atom is -0.477 e. The van der Waals surface area contributed by atoms with E-state index in [2.05, 4.69) is 5.32 Å². The molecule has 0 spiro atoms. The highest BCUT2D eigenvalue weighted by Crippen LogP contribution is 2.25. The molecule has 2 aliphatic rings. The smallest absolute Gasteiger partial charge is 0.341 e. The molecule has 1 unspecified atom stereocenters. The normalized spacial score (nSPS) is 23.5. The largest absolute Gasteiger partial charge is 0.477 e. The quantitative estimate of drug-likeness (QED) is 0.864. The van der Waals surface area contributed by atoms with E-state index in [0.29, 0.717) is 17.5 Å². The van der Waals surface area contributed by atoms with Crippen molar-refractivity contribution in [2.45, 2.75) is 18.9 Å². The maximum absolute atomic E-state index is 13.6. The van der Waals surface area contributed by atoms with Gasteiger partial charge in [0.05, 0.1) is 17.4 Å². The van der Waals surface area contributed by atoms with E-state index in [4.69, 9.17) is 0 Å². The fourth-order valence-electron chi connectivity index (χ4n) is 3.87. The van der Waals surface area contributed by atoms with Crippen LogP contribution in [0.3, 0.4) is 0 Å². The van der Waals surface area contributed by atoms with Crippen molar-refractivity contribution in [1.29, 1.82) is 0 Å². The van der Waals surface area contributed by atoms with Crippen LogP contribution in [0.15, 0.2) is 29.2 Å². The Morgan fingerprint density at radius 2 is 2.17 bits per heavy atom. The second-order valence-electron chi connectivity index (χ2n) is 6.52. The highest BCUT2D eigenvalue weighted by atomic mass is 19.1. The van der Waals surface area contributed by atoms with Gasteiger partial charge in [0.1, 0.15) is 11.4 Å². The van der Waals surface area contributed by atoms with Gasteiger partial charge in [0.15, 0.2) is 0 Å². The minimum absolute atomic E-state index is 0.0951. The lowest BCUT2D eigenvalue weighted by molar-refractivity contribution is 0.0695. The molecule has 0 saturated carbocycles. The Hall–Kier alpha value is -2.41. The summed E-state index contributed by atoms with van der Waals surface area (Å²) in [6, 6.07) is 4.30. The highest BCUT2D eigenvalue weighted by molar-refractivity contribution is 5.92. The first kappa shape index (κ1) is 15.1. The molecule has 4 rings (SSSR count). The summed E-state index contributed by atoms with van der Waals surface area (Å²) in [7, 11) is 0. The molecule has 24 heavy (non-hydrogen) atoms. The Bertz CT molecular complexity index is 865. The van der Waals surface area contributed by atoms with Crippen LogP contribution in [-0.2, 0) is 0 Å². The van der Waals surface area contributed by atoms with Crippen LogP contribution in [0.4, 0.5) is 4.39 Å². The van der Waals surface area contributed by atoms with Crippen molar-refractivity contribution < 1.29 is 14.3 Å². The Morgan fingerprint density at radius 3 is 2.92 bits per heavy atom. The molecule has 2 fully saturated rings. The topological polar surface area (TPSA) is 74.6 Å². The molecule has 0 bridgehead atoms. The maximum Gasteiger partial charge on any atom is 0.341 e. The number of aromatic carboxylic acids is 1. The Labute approximate surface area is 137 Å². The Kier molecular flexibility index (Phi) is 3.53. The van der Waals surface area contributed by atoms with Gasteiger partial charge in [-0.1, -0.05) is 0 Å². The van der Waals surface area contributed by atoms with E-state index in [1.54, 1.807) is 4.68 Å². The number of hydrogen-bond acceptors (Lipinski definition) is 4. The molecule has 7 heteroatoms. The van der Waals surface area contributed by atoms with Crippen molar-refractivity contribution in [3.8, 4) is 0 Å². The van der Waals surface area contributed by atoms with Crippen LogP contribution in [0.2, 0.25) is 0 Å². The van der Waals surface area contributed by atoms with Crippen molar-refractivity contribution in [3.63, 3.8) is 0 Å². The number of aromatic nitrogens is 1. The molecular formula is C17H18FN3O3. The highest BCUT2D eigenvalue weighted by Gasteiger charge is 2.35. The van der Waals surface area contributed by atoms with Crippen molar-refractivity contribution in [3.05, 3.63) is 46.0 Å². The van der Waals surface area contributed by atoms with Crippen molar-refractivity contribution in [2.24, 2.45) is 5.92 Å². The van der Waals surface area contributed by atoms with Gasteiger partial charge in [0.25, 0.3) is 0 Å². The molecule has 2 aliphatic heterocycles. The summed E-state index contributed by atoms with van der Waals surface area (Å²) in [5, 5.41) is 15.0. The summed E-state index contributed by atoms with van der Waals surface area (Å²) in [5.41, 5.74) is -0.455. The Morgan fingerprint density at radius 1 is 1.33 bits per heavy atom. The lowest BCUT2D eigenvalue weighted by Crippen LogP contribution is -2.41. The number of rotatable bonds is 2. The molecule has 1 aromatic carbocycles. The van der Waals surface area contributed by atoms with Gasteiger partial charge in [-0.2, -0.15) is 0 Å². The summed E-state index contributed by atoms with van der Waals surface area (Å²) in [4.78, 5) is 23.8. The van der Waals surface area contributed by atoms with Gasteiger partial charge in [-0.25, -0.2) is 9.18 Å². The molecular weight excluding hydrogens is 313 g/mol. The van der Waals surface area contributed by atoms with Gasteiger partial charge in [0, 0.05) is 18.8 Å². The average molecular weight is 331 g/mol. The predicted molar refractivity (Wildman–Crippen MR) is 87.6 cm³/mol. The van der Waals surface area contributed by atoms with Gasteiger partial charge in [-0.05, 0) is 43.5 Å². The number of halogens is 1. The summed E-state index contributed by atoms with van der Waals surface area (Å²) in [6.07, 6.45) is 3.63. The van der Waals surface area contributed by atoms with E-state index in [0.717, 1.165) is 38.5 Å². The molecule has 2 atom stereocenters. The molecule has 0 radical (unpaired) electrons. The standard InChI is InChI=1S/C17H18FN3O3/c18-11-3-4-15-12(6-11)16(22)13(17(23)24)8-21(15)20-7-10-2-1-5-19-14(10)9-20/h3-4,6,8,10,14,19H,1-2,5,7,9H2,(H,23,24)/t10?,14-/m1/s1. The number of carbonyl (C=O) groups is 1. The number of hydrogen-bond donors (Lipinski definition) is 2. The summed E-state index contributed by atoms with van der Waals surface area (Å²) in [6.45, 7) is 2.51. The first-order chi connectivity index (χ1) is 11.5. The zero-order valence-electron chi connectivity index (χ0n) is 13.0. The summed E-state index contributed by atoms with van der Waals surface area (Å²) >= 11 is 0. The monoisotopic (exact) mass is 331 g/mol. The van der Waals surface area contributed by atoms with E-state index in [1.807, 2.05) is 5.01 Å². The van der Waals surface area contributed by atoms with E-state index in [9.17, 15) is 19.1 Å². The lowest BCUT2D eigenvalue weighted by Gasteiger charge is -2.24. The van der Waals surface area contributed by atoms with E-state index < -0.39 is 17.2 Å². The van der Waals surface area contributed by atoms with Crippen molar-refractivity contribution in [2.75, 3.05) is 24.6 Å². The van der Waals surface area contributed by atoms with E-state index >= 15 is 0 Å². The molecule has 0 aliphatic carbocycles. The molecule has 0 amide bonds. The molecule has 1 aromatic heterocycles. The summed E-state index contributed by atoms with van der Waals surface area (Å²) < 4.78 is 15.3. The van der Waals surface area contributed by atoms with E-state index in [-0.39, 0.29) is 10.9 Å². The number of nitrogens with one attached hydrogen (secondary N) is 1. The Balaban J connectivity index is 1.87. The minimum atomic E-state index is -1.30. The third-order valence-electron chi connectivity index (χ3n) is 5.06. The average Bonchev–Trinajstić information content (AvgIpc) is 2.99. The van der Waals surface area contributed by atoms with Gasteiger partial charge in [-0.15, -0.1) is 0 Å². The van der Waals surface area contributed by atoms with Gasteiger partial charge in [0.2, 0.25) is 5.43 Å². The van der Waals surface area contributed by atoms with Crippen LogP contribution in [-0.4, -0.2) is 41.4 Å². The van der Waals surface area contributed by atoms with E-state index in [1.165, 1.54) is 18.3 Å². The number of nitrogens with zero attached hydrogens (tertiary/aromatic N) is 2. The van der Waals surface area contributed by atoms with Gasteiger partial charge < -0.3 is 15.4 Å². The van der Waals surface area contributed by atoms with Gasteiger partial charge in [-0.3, -0.25) is 9.47 Å². The molecule has 3 heterocycles. The first-order valence-corrected chi connectivity index (χ1v) is 8.11. The van der Waals surface area contributed by atoms with Crippen LogP contribution in [0.25, 0.3) is 10.9 Å². The number of fused-ring (bicyclic) bond motifs is 2.